The molecule has 2 nitrogen and oxygen atoms in total. The molecule has 0 saturated carbocycles. The van der Waals surface area contributed by atoms with Crippen molar-refractivity contribution in [2.24, 2.45) is 0 Å². The third kappa shape index (κ3) is 1.24. The van der Waals surface area contributed by atoms with Crippen LogP contribution in [0.5, 0.6) is 5.75 Å². The monoisotopic (exact) mass is 229 g/mol. The highest BCUT2D eigenvalue weighted by Gasteiger charge is 2.08. The second-order valence-corrected chi connectivity index (χ2v) is 4.04. The van der Waals surface area contributed by atoms with E-state index in [2.05, 4.69) is 4.98 Å². The molecule has 0 atom stereocenters. The Kier molecular flexibility index (Phi) is 1.98. The van der Waals surface area contributed by atoms with Gasteiger partial charge in [-0.05, 0) is 18.2 Å². The van der Waals surface area contributed by atoms with Crippen molar-refractivity contribution in [2.75, 3.05) is 0 Å². The number of rotatable bonds is 0. The van der Waals surface area contributed by atoms with Gasteiger partial charge in [0.15, 0.2) is 0 Å². The highest BCUT2D eigenvalue weighted by atomic mass is 35.5. The number of phenols is 1. The van der Waals surface area contributed by atoms with Gasteiger partial charge in [-0.3, -0.25) is 4.98 Å². The molecule has 0 fully saturated rings. The average molecular weight is 230 g/mol. The standard InChI is InChI=1S/C13H8ClNO/c14-10-7-8-3-2-6-15-13(8)12-9(10)4-1-5-11(12)16/h1-7,16H. The molecular weight excluding hydrogens is 222 g/mol. The van der Waals surface area contributed by atoms with E-state index in [0.717, 1.165) is 16.3 Å². The van der Waals surface area contributed by atoms with Crippen LogP contribution in [0.15, 0.2) is 42.6 Å². The maximum atomic E-state index is 9.90. The molecule has 3 rings (SSSR count). The van der Waals surface area contributed by atoms with Crippen LogP contribution in [0, 0.1) is 0 Å². The van der Waals surface area contributed by atoms with E-state index in [-0.39, 0.29) is 5.75 Å². The lowest BCUT2D eigenvalue weighted by Crippen LogP contribution is -1.83. The van der Waals surface area contributed by atoms with Gasteiger partial charge in [0.2, 0.25) is 0 Å². The highest BCUT2D eigenvalue weighted by molar-refractivity contribution is 6.37. The number of aromatic hydroxyl groups is 1. The molecule has 2 aromatic carbocycles. The number of pyridine rings is 1. The zero-order chi connectivity index (χ0) is 11.1. The van der Waals surface area contributed by atoms with Gasteiger partial charge in [0, 0.05) is 22.0 Å². The van der Waals surface area contributed by atoms with Crippen LogP contribution in [0.4, 0.5) is 0 Å². The first-order chi connectivity index (χ1) is 7.77. The molecule has 1 heterocycles. The van der Waals surface area contributed by atoms with Gasteiger partial charge < -0.3 is 5.11 Å². The molecule has 16 heavy (non-hydrogen) atoms. The molecule has 3 heteroatoms. The highest BCUT2D eigenvalue weighted by Crippen LogP contribution is 2.35. The summed E-state index contributed by atoms with van der Waals surface area (Å²) in [5, 5.41) is 13.0. The first-order valence-corrected chi connectivity index (χ1v) is 5.30. The number of benzene rings is 2. The number of phenolic OH excluding ortho intramolecular Hbond substituents is 1. The van der Waals surface area contributed by atoms with Gasteiger partial charge in [0.1, 0.15) is 5.75 Å². The second-order valence-electron chi connectivity index (χ2n) is 3.63. The van der Waals surface area contributed by atoms with Crippen molar-refractivity contribution in [3.8, 4) is 5.75 Å². The summed E-state index contributed by atoms with van der Waals surface area (Å²) in [4.78, 5) is 4.29. The average Bonchev–Trinajstić information content (AvgIpc) is 2.30. The first-order valence-electron chi connectivity index (χ1n) is 4.92. The zero-order valence-corrected chi connectivity index (χ0v) is 9.07. The smallest absolute Gasteiger partial charge is 0.125 e. The number of nitrogens with zero attached hydrogens (tertiary/aromatic N) is 1. The van der Waals surface area contributed by atoms with E-state index < -0.39 is 0 Å². The van der Waals surface area contributed by atoms with Crippen LogP contribution in [-0.2, 0) is 0 Å². The summed E-state index contributed by atoms with van der Waals surface area (Å²) >= 11 is 6.17. The van der Waals surface area contributed by atoms with Crippen molar-refractivity contribution < 1.29 is 5.11 Å². The molecule has 3 aromatic rings. The van der Waals surface area contributed by atoms with Crippen LogP contribution in [0.1, 0.15) is 0 Å². The molecule has 0 amide bonds. The topological polar surface area (TPSA) is 33.1 Å². The van der Waals surface area contributed by atoms with Crippen molar-refractivity contribution in [3.63, 3.8) is 0 Å². The van der Waals surface area contributed by atoms with Crippen molar-refractivity contribution in [1.29, 1.82) is 0 Å². The van der Waals surface area contributed by atoms with Crippen molar-refractivity contribution in [3.05, 3.63) is 47.6 Å². The van der Waals surface area contributed by atoms with Gasteiger partial charge in [-0.2, -0.15) is 0 Å². The minimum absolute atomic E-state index is 0.212. The summed E-state index contributed by atoms with van der Waals surface area (Å²) in [5.41, 5.74) is 0.778. The quantitative estimate of drug-likeness (QED) is 0.596. The molecule has 0 bridgehead atoms. The Labute approximate surface area is 97.1 Å². The van der Waals surface area contributed by atoms with Crippen LogP contribution in [0.25, 0.3) is 21.7 Å². The molecule has 1 aromatic heterocycles. The van der Waals surface area contributed by atoms with Crippen molar-refractivity contribution in [1.82, 2.24) is 4.98 Å². The van der Waals surface area contributed by atoms with Gasteiger partial charge in [-0.25, -0.2) is 0 Å². The van der Waals surface area contributed by atoms with Crippen LogP contribution >= 0.6 is 11.6 Å². The lowest BCUT2D eigenvalue weighted by atomic mass is 10.1. The number of fused-ring (bicyclic) bond motifs is 3. The molecule has 0 unspecified atom stereocenters. The fourth-order valence-electron chi connectivity index (χ4n) is 1.95. The maximum Gasteiger partial charge on any atom is 0.125 e. The van der Waals surface area contributed by atoms with Crippen molar-refractivity contribution in [2.45, 2.75) is 0 Å². The van der Waals surface area contributed by atoms with E-state index in [9.17, 15) is 5.11 Å². The van der Waals surface area contributed by atoms with Gasteiger partial charge in [0.05, 0.1) is 10.9 Å². The molecule has 1 N–H and O–H groups in total. The fraction of sp³-hybridized carbons (Fsp3) is 0. The second kappa shape index (κ2) is 3.35. The summed E-state index contributed by atoms with van der Waals surface area (Å²) in [5.74, 6) is 0.212. The Morgan fingerprint density at radius 1 is 1.12 bits per heavy atom. The van der Waals surface area contributed by atoms with Gasteiger partial charge in [-0.1, -0.05) is 29.8 Å². The third-order valence-corrected chi connectivity index (χ3v) is 2.97. The molecule has 0 aliphatic rings. The van der Waals surface area contributed by atoms with Crippen LogP contribution in [0.3, 0.4) is 0 Å². The molecule has 0 aliphatic carbocycles. The SMILES string of the molecule is Oc1cccc2c(Cl)cc3cccnc3c12. The number of halogens is 1. The Morgan fingerprint density at radius 2 is 2.00 bits per heavy atom. The third-order valence-electron chi connectivity index (χ3n) is 2.66. The minimum Gasteiger partial charge on any atom is -0.507 e. The lowest BCUT2D eigenvalue weighted by molar-refractivity contribution is 0.482. The molecule has 78 valence electrons. The predicted molar refractivity (Wildman–Crippen MR) is 65.9 cm³/mol. The Morgan fingerprint density at radius 3 is 2.88 bits per heavy atom. The Hall–Kier alpha value is -1.80. The van der Waals surface area contributed by atoms with Crippen molar-refractivity contribution >= 4 is 33.3 Å². The summed E-state index contributed by atoms with van der Waals surface area (Å²) in [7, 11) is 0. The summed E-state index contributed by atoms with van der Waals surface area (Å²) in [6.45, 7) is 0. The molecule has 0 radical (unpaired) electrons. The number of hydrogen-bond donors (Lipinski definition) is 1. The fourth-order valence-corrected chi connectivity index (χ4v) is 2.22. The molecule has 0 spiro atoms. The maximum absolute atomic E-state index is 9.90. The molecule has 0 saturated heterocycles. The van der Waals surface area contributed by atoms with E-state index in [1.54, 1.807) is 18.3 Å². The largest absolute Gasteiger partial charge is 0.507 e. The van der Waals surface area contributed by atoms with Crippen LogP contribution < -0.4 is 0 Å². The summed E-state index contributed by atoms with van der Waals surface area (Å²) < 4.78 is 0. The molecule has 0 aliphatic heterocycles. The lowest BCUT2D eigenvalue weighted by Gasteiger charge is -2.06. The van der Waals surface area contributed by atoms with Crippen LogP contribution in [-0.4, -0.2) is 10.1 Å². The van der Waals surface area contributed by atoms with E-state index in [4.69, 9.17) is 11.6 Å². The van der Waals surface area contributed by atoms with Crippen LogP contribution in [0.2, 0.25) is 5.02 Å². The van der Waals surface area contributed by atoms with Gasteiger partial charge in [0.25, 0.3) is 0 Å². The number of aromatic nitrogens is 1. The van der Waals surface area contributed by atoms with E-state index in [0.29, 0.717) is 10.4 Å². The minimum atomic E-state index is 0.212. The van der Waals surface area contributed by atoms with E-state index in [1.807, 2.05) is 24.3 Å². The van der Waals surface area contributed by atoms with Gasteiger partial charge >= 0.3 is 0 Å². The number of hydrogen-bond acceptors (Lipinski definition) is 2. The zero-order valence-electron chi connectivity index (χ0n) is 8.31. The van der Waals surface area contributed by atoms with E-state index >= 15 is 0 Å². The van der Waals surface area contributed by atoms with Gasteiger partial charge in [-0.15, -0.1) is 0 Å². The first kappa shape index (κ1) is 9.43. The normalized spacial score (nSPS) is 11.1. The summed E-state index contributed by atoms with van der Waals surface area (Å²) in [6, 6.07) is 11.0. The summed E-state index contributed by atoms with van der Waals surface area (Å²) in [6.07, 6.45) is 1.71. The Bertz CT molecular complexity index is 694. The van der Waals surface area contributed by atoms with E-state index in [1.165, 1.54) is 0 Å². The predicted octanol–water partition coefficient (Wildman–Crippen LogP) is 3.75. The molecular formula is C13H8ClNO. The Balaban J connectivity index is 2.67.